The first-order chi connectivity index (χ1) is 8.47. The molecule has 0 aromatic carbocycles. The molecule has 0 rings (SSSR count). The summed E-state index contributed by atoms with van der Waals surface area (Å²) in [4.78, 5) is 32.4. The molecule has 0 N–H and O–H groups in total. The van der Waals surface area contributed by atoms with Crippen LogP contribution in [0.5, 0.6) is 0 Å². The predicted molar refractivity (Wildman–Crippen MR) is 62.6 cm³/mol. The van der Waals surface area contributed by atoms with E-state index in [9.17, 15) is 14.4 Å². The van der Waals surface area contributed by atoms with Crippen LogP contribution in [-0.4, -0.2) is 38.2 Å². The smallest absolute Gasteiger partial charge is 0.305 e. The number of rotatable bonds is 9. The Hall–Kier alpha value is -1.59. The highest BCUT2D eigenvalue weighted by Crippen LogP contribution is 2.18. The van der Waals surface area contributed by atoms with Crippen LogP contribution in [-0.2, 0) is 28.6 Å². The maximum atomic E-state index is 11.1. The quantitative estimate of drug-likeness (QED) is 0.350. The van der Waals surface area contributed by atoms with Crippen molar-refractivity contribution < 1.29 is 28.6 Å². The lowest BCUT2D eigenvalue weighted by molar-refractivity contribution is -0.156. The van der Waals surface area contributed by atoms with Gasteiger partial charge in [-0.3, -0.25) is 14.4 Å². The maximum Gasteiger partial charge on any atom is 0.305 e. The van der Waals surface area contributed by atoms with E-state index in [4.69, 9.17) is 9.47 Å². The minimum atomic E-state index is -0.726. The van der Waals surface area contributed by atoms with E-state index in [1.54, 1.807) is 20.8 Å². The highest BCUT2D eigenvalue weighted by Gasteiger charge is 2.29. The van der Waals surface area contributed by atoms with Crippen LogP contribution in [0.1, 0.15) is 33.6 Å². The van der Waals surface area contributed by atoms with Gasteiger partial charge in [0.25, 0.3) is 6.47 Å². The summed E-state index contributed by atoms with van der Waals surface area (Å²) in [6.07, 6.45) is 0.527. The molecule has 0 spiro atoms. The van der Waals surface area contributed by atoms with Gasteiger partial charge in [-0.05, 0) is 6.92 Å². The second-order valence-electron chi connectivity index (χ2n) is 4.25. The molecule has 6 nitrogen and oxygen atoms in total. The SMILES string of the molecule is CCC(=O)OCC(C)(COC=O)COC(=O)CC. The van der Waals surface area contributed by atoms with Crippen molar-refractivity contribution in [2.45, 2.75) is 33.6 Å². The van der Waals surface area contributed by atoms with E-state index in [2.05, 4.69) is 4.74 Å². The average Bonchev–Trinajstić information content (AvgIpc) is 2.40. The van der Waals surface area contributed by atoms with Gasteiger partial charge >= 0.3 is 11.9 Å². The zero-order chi connectivity index (χ0) is 14.0. The van der Waals surface area contributed by atoms with Crippen LogP contribution in [0.4, 0.5) is 0 Å². The second kappa shape index (κ2) is 8.49. The van der Waals surface area contributed by atoms with Crippen LogP contribution in [0.15, 0.2) is 0 Å². The van der Waals surface area contributed by atoms with Gasteiger partial charge in [-0.15, -0.1) is 0 Å². The van der Waals surface area contributed by atoms with Crippen molar-refractivity contribution in [1.82, 2.24) is 0 Å². The van der Waals surface area contributed by atoms with E-state index in [1.165, 1.54) is 0 Å². The molecule has 0 aromatic rings. The number of hydrogen-bond acceptors (Lipinski definition) is 6. The second-order valence-corrected chi connectivity index (χ2v) is 4.25. The summed E-state index contributed by atoms with van der Waals surface area (Å²) in [5.74, 6) is -0.705. The first kappa shape index (κ1) is 16.4. The largest absolute Gasteiger partial charge is 0.467 e. The summed E-state index contributed by atoms with van der Waals surface area (Å²) < 4.78 is 14.7. The molecule has 0 radical (unpaired) electrons. The summed E-state index contributed by atoms with van der Waals surface area (Å²) in [5.41, 5.74) is -0.726. The zero-order valence-corrected chi connectivity index (χ0v) is 11.1. The molecule has 0 aliphatic carbocycles. The zero-order valence-electron chi connectivity index (χ0n) is 11.1. The normalized spacial score (nSPS) is 10.6. The van der Waals surface area contributed by atoms with Crippen LogP contribution in [0.3, 0.4) is 0 Å². The molecule has 104 valence electrons. The number of ether oxygens (including phenoxy) is 3. The van der Waals surface area contributed by atoms with Gasteiger partial charge in [0.1, 0.15) is 19.8 Å². The minimum Gasteiger partial charge on any atom is -0.467 e. The molecule has 0 saturated carbocycles. The van der Waals surface area contributed by atoms with E-state index >= 15 is 0 Å². The Bertz CT molecular complexity index is 266. The van der Waals surface area contributed by atoms with Crippen molar-refractivity contribution in [2.75, 3.05) is 19.8 Å². The van der Waals surface area contributed by atoms with Gasteiger partial charge in [0.05, 0.1) is 5.41 Å². The lowest BCUT2D eigenvalue weighted by atomic mass is 9.94. The van der Waals surface area contributed by atoms with Gasteiger partial charge in [-0.2, -0.15) is 0 Å². The van der Waals surface area contributed by atoms with Crippen LogP contribution < -0.4 is 0 Å². The van der Waals surface area contributed by atoms with Gasteiger partial charge in [0, 0.05) is 12.8 Å². The number of carbonyl (C=O) groups excluding carboxylic acids is 3. The van der Waals surface area contributed by atoms with Crippen molar-refractivity contribution in [3.05, 3.63) is 0 Å². The Morgan fingerprint density at radius 2 is 1.44 bits per heavy atom. The van der Waals surface area contributed by atoms with E-state index in [-0.39, 0.29) is 44.6 Å². The molecule has 0 atom stereocenters. The molecule has 0 bridgehead atoms. The van der Waals surface area contributed by atoms with Crippen LogP contribution in [0, 0.1) is 5.41 Å². The molecule has 0 fully saturated rings. The Morgan fingerprint density at radius 1 is 1.00 bits per heavy atom. The van der Waals surface area contributed by atoms with Crippen LogP contribution >= 0.6 is 0 Å². The molecule has 0 heterocycles. The van der Waals surface area contributed by atoms with Crippen molar-refractivity contribution in [3.8, 4) is 0 Å². The fraction of sp³-hybridized carbons (Fsp3) is 0.750. The molecule has 0 unspecified atom stereocenters. The highest BCUT2D eigenvalue weighted by atomic mass is 16.6. The van der Waals surface area contributed by atoms with Gasteiger partial charge in [0.15, 0.2) is 0 Å². The summed E-state index contributed by atoms with van der Waals surface area (Å²) in [7, 11) is 0. The van der Waals surface area contributed by atoms with Crippen molar-refractivity contribution in [2.24, 2.45) is 5.41 Å². The van der Waals surface area contributed by atoms with Gasteiger partial charge in [0.2, 0.25) is 0 Å². The van der Waals surface area contributed by atoms with Gasteiger partial charge in [-0.1, -0.05) is 13.8 Å². The number of esters is 2. The first-order valence-electron chi connectivity index (χ1n) is 5.84. The number of carbonyl (C=O) groups is 3. The fourth-order valence-corrected chi connectivity index (χ4v) is 1.07. The van der Waals surface area contributed by atoms with Crippen molar-refractivity contribution >= 4 is 18.4 Å². The molecule has 6 heteroatoms. The highest BCUT2D eigenvalue weighted by molar-refractivity contribution is 5.69. The molecule has 18 heavy (non-hydrogen) atoms. The van der Waals surface area contributed by atoms with E-state index in [0.29, 0.717) is 6.47 Å². The third-order valence-electron chi connectivity index (χ3n) is 2.24. The molecule has 0 amide bonds. The fourth-order valence-electron chi connectivity index (χ4n) is 1.07. The standard InChI is InChI=1S/C12H20O6/c1-4-10(14)17-7-12(3,6-16-9-13)8-18-11(15)5-2/h9H,4-8H2,1-3H3. The summed E-state index contributed by atoms with van der Waals surface area (Å²) in [6.45, 7) is 5.46. The lowest BCUT2D eigenvalue weighted by Gasteiger charge is -2.27. The predicted octanol–water partition coefficient (Wildman–Crippen LogP) is 1.07. The topological polar surface area (TPSA) is 78.9 Å². The van der Waals surface area contributed by atoms with Gasteiger partial charge < -0.3 is 14.2 Å². The molecular weight excluding hydrogens is 240 g/mol. The lowest BCUT2D eigenvalue weighted by Crippen LogP contribution is -2.35. The van der Waals surface area contributed by atoms with Crippen LogP contribution in [0.2, 0.25) is 0 Å². The summed E-state index contributed by atoms with van der Waals surface area (Å²) >= 11 is 0. The number of hydrogen-bond donors (Lipinski definition) is 0. The van der Waals surface area contributed by atoms with Gasteiger partial charge in [-0.25, -0.2) is 0 Å². The van der Waals surface area contributed by atoms with E-state index < -0.39 is 5.41 Å². The van der Waals surface area contributed by atoms with E-state index in [1.807, 2.05) is 0 Å². The third kappa shape index (κ3) is 6.88. The molecular formula is C12H20O6. The third-order valence-corrected chi connectivity index (χ3v) is 2.24. The molecule has 0 saturated heterocycles. The summed E-state index contributed by atoms with van der Waals surface area (Å²) in [6, 6.07) is 0. The molecule has 0 aliphatic heterocycles. The Kier molecular flexibility index (Phi) is 7.74. The Labute approximate surface area is 107 Å². The minimum absolute atomic E-state index is 0.0183. The molecule has 0 aromatic heterocycles. The first-order valence-corrected chi connectivity index (χ1v) is 5.84. The van der Waals surface area contributed by atoms with Crippen molar-refractivity contribution in [1.29, 1.82) is 0 Å². The Balaban J connectivity index is 4.35. The molecule has 0 aliphatic rings. The van der Waals surface area contributed by atoms with Crippen LogP contribution in [0.25, 0.3) is 0 Å². The Morgan fingerprint density at radius 3 is 1.78 bits per heavy atom. The maximum absolute atomic E-state index is 11.1. The van der Waals surface area contributed by atoms with E-state index in [0.717, 1.165) is 0 Å². The average molecular weight is 260 g/mol. The monoisotopic (exact) mass is 260 g/mol. The summed E-state index contributed by atoms with van der Waals surface area (Å²) in [5, 5.41) is 0. The van der Waals surface area contributed by atoms with Crippen molar-refractivity contribution in [3.63, 3.8) is 0 Å².